The highest BCUT2D eigenvalue weighted by molar-refractivity contribution is 5.91. The summed E-state index contributed by atoms with van der Waals surface area (Å²) in [6.45, 7) is 1.81. The SMILES string of the molecule is CC(N)CC(=O)Nc1ccc(N(C)C)cc1. The van der Waals surface area contributed by atoms with Crippen LogP contribution < -0.4 is 16.0 Å². The Balaban J connectivity index is 2.58. The Morgan fingerprint density at radius 3 is 2.38 bits per heavy atom. The minimum Gasteiger partial charge on any atom is -0.378 e. The minimum atomic E-state index is -0.110. The average molecular weight is 221 g/mol. The molecule has 1 amide bonds. The van der Waals surface area contributed by atoms with Crippen LogP contribution in [-0.4, -0.2) is 26.0 Å². The first kappa shape index (κ1) is 12.5. The number of benzene rings is 1. The lowest BCUT2D eigenvalue weighted by Crippen LogP contribution is -2.23. The molecule has 0 radical (unpaired) electrons. The molecule has 4 nitrogen and oxygen atoms in total. The van der Waals surface area contributed by atoms with Crippen LogP contribution >= 0.6 is 0 Å². The zero-order chi connectivity index (χ0) is 12.1. The highest BCUT2D eigenvalue weighted by Gasteiger charge is 2.05. The van der Waals surface area contributed by atoms with Crippen molar-refractivity contribution in [1.82, 2.24) is 0 Å². The molecule has 0 fully saturated rings. The quantitative estimate of drug-likeness (QED) is 0.808. The van der Waals surface area contributed by atoms with Crippen molar-refractivity contribution in [3.05, 3.63) is 24.3 Å². The van der Waals surface area contributed by atoms with Crippen LogP contribution in [0.1, 0.15) is 13.3 Å². The standard InChI is InChI=1S/C12H19N3O/c1-9(13)8-12(16)14-10-4-6-11(7-5-10)15(2)3/h4-7,9H,8,13H2,1-3H3,(H,14,16). The number of nitrogens with one attached hydrogen (secondary N) is 1. The van der Waals surface area contributed by atoms with E-state index in [2.05, 4.69) is 5.32 Å². The zero-order valence-electron chi connectivity index (χ0n) is 10.0. The van der Waals surface area contributed by atoms with Gasteiger partial charge < -0.3 is 16.0 Å². The lowest BCUT2D eigenvalue weighted by molar-refractivity contribution is -0.116. The first-order valence-corrected chi connectivity index (χ1v) is 5.32. The van der Waals surface area contributed by atoms with Gasteiger partial charge in [-0.1, -0.05) is 0 Å². The number of carbonyl (C=O) groups excluding carboxylic acids is 1. The lowest BCUT2D eigenvalue weighted by atomic mass is 10.2. The van der Waals surface area contributed by atoms with Gasteiger partial charge >= 0.3 is 0 Å². The largest absolute Gasteiger partial charge is 0.378 e. The number of carbonyl (C=O) groups is 1. The number of amides is 1. The predicted molar refractivity (Wildman–Crippen MR) is 67.7 cm³/mol. The molecule has 1 rings (SSSR count). The van der Waals surface area contributed by atoms with Crippen molar-refractivity contribution in [2.75, 3.05) is 24.3 Å². The molecule has 1 unspecified atom stereocenters. The molecule has 0 aliphatic heterocycles. The number of anilines is 2. The van der Waals surface area contributed by atoms with Crippen molar-refractivity contribution in [3.8, 4) is 0 Å². The van der Waals surface area contributed by atoms with Crippen molar-refractivity contribution >= 4 is 17.3 Å². The normalized spacial score (nSPS) is 12.0. The van der Waals surface area contributed by atoms with E-state index in [1.54, 1.807) is 0 Å². The van der Waals surface area contributed by atoms with Crippen LogP contribution in [0.5, 0.6) is 0 Å². The topological polar surface area (TPSA) is 58.4 Å². The summed E-state index contributed by atoms with van der Waals surface area (Å²) in [4.78, 5) is 13.4. The lowest BCUT2D eigenvalue weighted by Gasteiger charge is -2.13. The van der Waals surface area contributed by atoms with E-state index in [9.17, 15) is 4.79 Å². The summed E-state index contributed by atoms with van der Waals surface area (Å²) in [6, 6.07) is 7.58. The highest BCUT2D eigenvalue weighted by Crippen LogP contribution is 2.15. The molecule has 16 heavy (non-hydrogen) atoms. The van der Waals surface area contributed by atoms with Gasteiger partial charge in [0.05, 0.1) is 0 Å². The molecule has 0 saturated heterocycles. The van der Waals surface area contributed by atoms with Crippen molar-refractivity contribution in [2.24, 2.45) is 5.73 Å². The molecule has 1 atom stereocenters. The predicted octanol–water partition coefficient (Wildman–Crippen LogP) is 1.43. The van der Waals surface area contributed by atoms with E-state index in [0.717, 1.165) is 11.4 Å². The minimum absolute atomic E-state index is 0.0485. The molecule has 4 heteroatoms. The summed E-state index contributed by atoms with van der Waals surface area (Å²) >= 11 is 0. The van der Waals surface area contributed by atoms with Crippen molar-refractivity contribution < 1.29 is 4.79 Å². The maximum Gasteiger partial charge on any atom is 0.225 e. The third-order valence-electron chi connectivity index (χ3n) is 2.17. The molecular formula is C12H19N3O. The molecule has 0 aliphatic carbocycles. The first-order chi connectivity index (χ1) is 7.49. The Kier molecular flexibility index (Phi) is 4.31. The molecule has 1 aromatic carbocycles. The summed E-state index contributed by atoms with van der Waals surface area (Å²) in [5.41, 5.74) is 7.45. The Bertz CT molecular complexity index is 344. The third-order valence-corrected chi connectivity index (χ3v) is 2.17. The summed E-state index contributed by atoms with van der Waals surface area (Å²) < 4.78 is 0. The van der Waals surface area contributed by atoms with Crippen LogP contribution in [0.4, 0.5) is 11.4 Å². The Labute approximate surface area is 96.4 Å². The van der Waals surface area contributed by atoms with Gasteiger partial charge in [-0.2, -0.15) is 0 Å². The third kappa shape index (κ3) is 3.90. The van der Waals surface area contributed by atoms with E-state index in [0.29, 0.717) is 6.42 Å². The smallest absolute Gasteiger partial charge is 0.225 e. The van der Waals surface area contributed by atoms with Gasteiger partial charge in [-0.3, -0.25) is 4.79 Å². The van der Waals surface area contributed by atoms with Crippen LogP contribution in [-0.2, 0) is 4.79 Å². The number of hydrogen-bond acceptors (Lipinski definition) is 3. The average Bonchev–Trinajstić information content (AvgIpc) is 2.16. The fourth-order valence-electron chi connectivity index (χ4n) is 1.35. The molecule has 0 aromatic heterocycles. The van der Waals surface area contributed by atoms with Gasteiger partial charge in [0.15, 0.2) is 0 Å². The number of rotatable bonds is 4. The Morgan fingerprint density at radius 2 is 1.94 bits per heavy atom. The number of hydrogen-bond donors (Lipinski definition) is 2. The van der Waals surface area contributed by atoms with E-state index >= 15 is 0 Å². The highest BCUT2D eigenvalue weighted by atomic mass is 16.1. The van der Waals surface area contributed by atoms with E-state index in [-0.39, 0.29) is 11.9 Å². The van der Waals surface area contributed by atoms with Crippen molar-refractivity contribution in [3.63, 3.8) is 0 Å². The molecule has 1 aromatic rings. The molecule has 88 valence electrons. The van der Waals surface area contributed by atoms with Gasteiger partial charge in [0.25, 0.3) is 0 Å². The molecule has 3 N–H and O–H groups in total. The fraction of sp³-hybridized carbons (Fsp3) is 0.417. The summed E-state index contributed by atoms with van der Waals surface area (Å²) in [7, 11) is 3.95. The molecular weight excluding hydrogens is 202 g/mol. The molecule has 0 saturated carbocycles. The second-order valence-electron chi connectivity index (χ2n) is 4.17. The Morgan fingerprint density at radius 1 is 1.38 bits per heavy atom. The van der Waals surface area contributed by atoms with Crippen molar-refractivity contribution in [2.45, 2.75) is 19.4 Å². The van der Waals surface area contributed by atoms with Gasteiger partial charge in [-0.15, -0.1) is 0 Å². The molecule has 0 spiro atoms. The van der Waals surface area contributed by atoms with Gasteiger partial charge in [0.2, 0.25) is 5.91 Å². The van der Waals surface area contributed by atoms with Gasteiger partial charge in [0, 0.05) is 37.9 Å². The van der Waals surface area contributed by atoms with Crippen LogP contribution in [0.15, 0.2) is 24.3 Å². The first-order valence-electron chi connectivity index (χ1n) is 5.32. The van der Waals surface area contributed by atoms with E-state index < -0.39 is 0 Å². The fourth-order valence-corrected chi connectivity index (χ4v) is 1.35. The molecule has 0 heterocycles. The van der Waals surface area contributed by atoms with Gasteiger partial charge in [0.1, 0.15) is 0 Å². The second kappa shape index (κ2) is 5.51. The summed E-state index contributed by atoms with van der Waals surface area (Å²) in [5.74, 6) is -0.0485. The van der Waals surface area contributed by atoms with Crippen LogP contribution in [0.2, 0.25) is 0 Å². The maximum atomic E-state index is 11.4. The number of nitrogens with zero attached hydrogens (tertiary/aromatic N) is 1. The monoisotopic (exact) mass is 221 g/mol. The van der Waals surface area contributed by atoms with Crippen LogP contribution in [0.3, 0.4) is 0 Å². The van der Waals surface area contributed by atoms with Gasteiger partial charge in [-0.25, -0.2) is 0 Å². The number of nitrogens with two attached hydrogens (primary N) is 1. The molecule has 0 bridgehead atoms. The van der Waals surface area contributed by atoms with Crippen LogP contribution in [0, 0.1) is 0 Å². The van der Waals surface area contributed by atoms with E-state index in [4.69, 9.17) is 5.73 Å². The van der Waals surface area contributed by atoms with Crippen LogP contribution in [0.25, 0.3) is 0 Å². The van der Waals surface area contributed by atoms with Gasteiger partial charge in [-0.05, 0) is 31.2 Å². The molecule has 0 aliphatic rings. The summed E-state index contributed by atoms with van der Waals surface area (Å²) in [5, 5.41) is 2.80. The van der Waals surface area contributed by atoms with Crippen molar-refractivity contribution in [1.29, 1.82) is 0 Å². The summed E-state index contributed by atoms with van der Waals surface area (Å²) in [6.07, 6.45) is 0.343. The zero-order valence-corrected chi connectivity index (χ0v) is 10.0. The van der Waals surface area contributed by atoms with E-state index in [1.807, 2.05) is 50.2 Å². The maximum absolute atomic E-state index is 11.4. The second-order valence-corrected chi connectivity index (χ2v) is 4.17. The Hall–Kier alpha value is -1.55. The van der Waals surface area contributed by atoms with E-state index in [1.165, 1.54) is 0 Å².